The fourth-order valence-electron chi connectivity index (χ4n) is 1.45. The summed E-state index contributed by atoms with van der Waals surface area (Å²) < 4.78 is 0. The van der Waals surface area contributed by atoms with Gasteiger partial charge in [0.15, 0.2) is 5.69 Å². The van der Waals surface area contributed by atoms with Gasteiger partial charge in [-0.1, -0.05) is 6.92 Å². The molecule has 0 atom stereocenters. The van der Waals surface area contributed by atoms with E-state index in [1.165, 1.54) is 0 Å². The third kappa shape index (κ3) is 3.20. The molecule has 0 bridgehead atoms. The number of carbonyl (C=O) groups excluding carboxylic acids is 1. The molecule has 6 nitrogen and oxygen atoms in total. The highest BCUT2D eigenvalue weighted by Gasteiger charge is 2.19. The maximum atomic E-state index is 12.1. The summed E-state index contributed by atoms with van der Waals surface area (Å²) in [5.74, 6) is -0.139. The standard InChI is InChI=1S/C11H21N5O/c1-5-8-9(12)10(14-13-8)11(17)16(4)7-6-15(2)3/h5-7,12H2,1-4H3,(H,13,14). The lowest BCUT2D eigenvalue weighted by Crippen LogP contribution is -2.34. The lowest BCUT2D eigenvalue weighted by atomic mass is 10.2. The molecule has 1 aromatic heterocycles. The molecule has 0 saturated heterocycles. The first-order valence-corrected chi connectivity index (χ1v) is 5.70. The lowest BCUT2D eigenvalue weighted by Gasteiger charge is -2.18. The van der Waals surface area contributed by atoms with Gasteiger partial charge in [-0.15, -0.1) is 0 Å². The highest BCUT2D eigenvalue weighted by molar-refractivity contribution is 5.97. The van der Waals surface area contributed by atoms with Crippen LogP contribution in [0.15, 0.2) is 0 Å². The molecule has 0 aliphatic rings. The van der Waals surface area contributed by atoms with Crippen LogP contribution in [0.3, 0.4) is 0 Å². The molecule has 0 aliphatic carbocycles. The van der Waals surface area contributed by atoms with Crippen LogP contribution in [0.5, 0.6) is 0 Å². The van der Waals surface area contributed by atoms with Gasteiger partial charge in [0.05, 0.1) is 11.4 Å². The Morgan fingerprint density at radius 3 is 2.47 bits per heavy atom. The number of hydrogen-bond acceptors (Lipinski definition) is 4. The summed E-state index contributed by atoms with van der Waals surface area (Å²) in [6.45, 7) is 3.43. The SMILES string of the molecule is CCc1[nH]nc(C(=O)N(C)CCN(C)C)c1N. The zero-order valence-corrected chi connectivity index (χ0v) is 10.9. The Bertz CT molecular complexity index is 385. The van der Waals surface area contributed by atoms with Gasteiger partial charge in [0.1, 0.15) is 0 Å². The summed E-state index contributed by atoms with van der Waals surface area (Å²) in [4.78, 5) is 15.7. The lowest BCUT2D eigenvalue weighted by molar-refractivity contribution is 0.0781. The van der Waals surface area contributed by atoms with Crippen molar-refractivity contribution in [1.82, 2.24) is 20.0 Å². The first kappa shape index (κ1) is 13.5. The van der Waals surface area contributed by atoms with Crippen LogP contribution in [0, 0.1) is 0 Å². The maximum Gasteiger partial charge on any atom is 0.276 e. The van der Waals surface area contributed by atoms with Crippen LogP contribution < -0.4 is 5.73 Å². The van der Waals surface area contributed by atoms with Crippen LogP contribution in [0.1, 0.15) is 23.1 Å². The molecule has 3 N–H and O–H groups in total. The Hall–Kier alpha value is -1.56. The molecular formula is C11H21N5O. The summed E-state index contributed by atoms with van der Waals surface area (Å²) in [6.07, 6.45) is 0.744. The number of anilines is 1. The second kappa shape index (κ2) is 5.67. The molecule has 0 aromatic carbocycles. The Balaban J connectivity index is 2.71. The van der Waals surface area contributed by atoms with Crippen LogP contribution in [-0.4, -0.2) is 60.1 Å². The molecule has 1 heterocycles. The summed E-state index contributed by atoms with van der Waals surface area (Å²) in [5.41, 5.74) is 7.46. The normalized spacial score (nSPS) is 10.9. The highest BCUT2D eigenvalue weighted by atomic mass is 16.2. The van der Waals surface area contributed by atoms with E-state index in [0.29, 0.717) is 17.9 Å². The number of nitrogens with zero attached hydrogens (tertiary/aromatic N) is 3. The van der Waals surface area contributed by atoms with E-state index >= 15 is 0 Å². The van der Waals surface area contributed by atoms with Gasteiger partial charge in [-0.2, -0.15) is 5.10 Å². The molecule has 0 fully saturated rings. The van der Waals surface area contributed by atoms with E-state index in [9.17, 15) is 4.79 Å². The number of aryl methyl sites for hydroxylation is 1. The number of nitrogen functional groups attached to an aromatic ring is 1. The largest absolute Gasteiger partial charge is 0.395 e. The van der Waals surface area contributed by atoms with Gasteiger partial charge in [-0.3, -0.25) is 9.89 Å². The molecule has 0 saturated carbocycles. The monoisotopic (exact) mass is 239 g/mol. The Morgan fingerprint density at radius 1 is 1.35 bits per heavy atom. The van der Waals surface area contributed by atoms with Gasteiger partial charge in [0, 0.05) is 20.1 Å². The average molecular weight is 239 g/mol. The molecule has 6 heteroatoms. The van der Waals surface area contributed by atoms with Gasteiger partial charge in [-0.05, 0) is 20.5 Å². The molecule has 0 unspecified atom stereocenters. The number of H-pyrrole nitrogens is 1. The van der Waals surface area contributed by atoms with E-state index in [1.54, 1.807) is 11.9 Å². The minimum absolute atomic E-state index is 0.139. The van der Waals surface area contributed by atoms with Crippen molar-refractivity contribution in [2.45, 2.75) is 13.3 Å². The molecular weight excluding hydrogens is 218 g/mol. The Morgan fingerprint density at radius 2 is 2.00 bits per heavy atom. The quantitative estimate of drug-likeness (QED) is 0.768. The van der Waals surface area contributed by atoms with E-state index in [2.05, 4.69) is 10.2 Å². The number of aromatic amines is 1. The minimum atomic E-state index is -0.139. The van der Waals surface area contributed by atoms with Crippen molar-refractivity contribution in [2.75, 3.05) is 40.0 Å². The fraction of sp³-hybridized carbons (Fsp3) is 0.636. The van der Waals surface area contributed by atoms with Gasteiger partial charge in [0.2, 0.25) is 0 Å². The molecule has 17 heavy (non-hydrogen) atoms. The number of nitrogens with one attached hydrogen (secondary N) is 1. The van der Waals surface area contributed by atoms with E-state index in [4.69, 9.17) is 5.73 Å². The van der Waals surface area contributed by atoms with Crippen molar-refractivity contribution in [3.8, 4) is 0 Å². The van der Waals surface area contributed by atoms with Crippen molar-refractivity contribution >= 4 is 11.6 Å². The van der Waals surface area contributed by atoms with Gasteiger partial charge < -0.3 is 15.5 Å². The van der Waals surface area contributed by atoms with Crippen LogP contribution in [-0.2, 0) is 6.42 Å². The summed E-state index contributed by atoms with van der Waals surface area (Å²) in [6, 6.07) is 0. The van der Waals surface area contributed by atoms with Crippen molar-refractivity contribution < 1.29 is 4.79 Å². The summed E-state index contributed by atoms with van der Waals surface area (Å²) in [5, 5.41) is 6.77. The van der Waals surface area contributed by atoms with Crippen LogP contribution in [0.2, 0.25) is 0 Å². The predicted molar refractivity (Wildman–Crippen MR) is 67.9 cm³/mol. The van der Waals surface area contributed by atoms with E-state index < -0.39 is 0 Å². The van der Waals surface area contributed by atoms with E-state index in [1.807, 2.05) is 25.9 Å². The molecule has 1 amide bonds. The second-order valence-corrected chi connectivity index (χ2v) is 4.35. The van der Waals surface area contributed by atoms with Crippen LogP contribution in [0.25, 0.3) is 0 Å². The first-order chi connectivity index (χ1) is 7.97. The van der Waals surface area contributed by atoms with Crippen molar-refractivity contribution in [1.29, 1.82) is 0 Å². The number of amides is 1. The number of carbonyl (C=O) groups is 1. The van der Waals surface area contributed by atoms with Crippen molar-refractivity contribution in [2.24, 2.45) is 0 Å². The predicted octanol–water partition coefficient (Wildman–Crippen LogP) is 0.188. The number of aromatic nitrogens is 2. The number of hydrogen-bond donors (Lipinski definition) is 2. The topological polar surface area (TPSA) is 78.2 Å². The Kier molecular flexibility index (Phi) is 4.51. The van der Waals surface area contributed by atoms with Crippen molar-refractivity contribution in [3.63, 3.8) is 0 Å². The molecule has 0 radical (unpaired) electrons. The Labute approximate surface area is 102 Å². The zero-order valence-electron chi connectivity index (χ0n) is 10.9. The number of rotatable bonds is 5. The zero-order chi connectivity index (χ0) is 13.0. The average Bonchev–Trinajstić information content (AvgIpc) is 2.66. The molecule has 1 rings (SSSR count). The third-order valence-electron chi connectivity index (χ3n) is 2.67. The molecule has 96 valence electrons. The smallest absolute Gasteiger partial charge is 0.276 e. The fourth-order valence-corrected chi connectivity index (χ4v) is 1.45. The summed E-state index contributed by atoms with van der Waals surface area (Å²) >= 11 is 0. The minimum Gasteiger partial charge on any atom is -0.395 e. The van der Waals surface area contributed by atoms with Gasteiger partial charge >= 0.3 is 0 Å². The van der Waals surface area contributed by atoms with E-state index in [-0.39, 0.29) is 5.91 Å². The first-order valence-electron chi connectivity index (χ1n) is 5.70. The number of nitrogens with two attached hydrogens (primary N) is 1. The van der Waals surface area contributed by atoms with Crippen LogP contribution in [0.4, 0.5) is 5.69 Å². The third-order valence-corrected chi connectivity index (χ3v) is 2.67. The summed E-state index contributed by atoms with van der Waals surface area (Å²) in [7, 11) is 5.69. The van der Waals surface area contributed by atoms with E-state index in [0.717, 1.165) is 18.7 Å². The van der Waals surface area contributed by atoms with Gasteiger partial charge in [-0.25, -0.2) is 0 Å². The van der Waals surface area contributed by atoms with Crippen LogP contribution >= 0.6 is 0 Å². The highest BCUT2D eigenvalue weighted by Crippen LogP contribution is 2.15. The maximum absolute atomic E-state index is 12.1. The van der Waals surface area contributed by atoms with Crippen molar-refractivity contribution in [3.05, 3.63) is 11.4 Å². The number of likely N-dealkylation sites (N-methyl/N-ethyl adjacent to an activating group) is 2. The molecule has 0 spiro atoms. The second-order valence-electron chi connectivity index (χ2n) is 4.35. The van der Waals surface area contributed by atoms with Gasteiger partial charge in [0.25, 0.3) is 5.91 Å². The molecule has 0 aliphatic heterocycles. The molecule has 1 aromatic rings.